The SMILES string of the molecule is CCc1cccc(S(=O)(=O)N2CCC(N)C(C)(C)C2)c1.Cl. The lowest BCUT2D eigenvalue weighted by molar-refractivity contribution is 0.155. The van der Waals surface area contributed by atoms with Gasteiger partial charge in [0.25, 0.3) is 0 Å². The predicted octanol–water partition coefficient (Wildman–Crippen LogP) is 2.42. The number of sulfonamides is 1. The largest absolute Gasteiger partial charge is 0.327 e. The second-order valence-electron chi connectivity index (χ2n) is 6.22. The standard InChI is InChI=1S/C15H24N2O2S.ClH/c1-4-12-6-5-7-13(10-12)20(18,19)17-9-8-14(16)15(2,3)11-17;/h5-7,10,14H,4,8-9,11,16H2,1-3H3;1H. The number of rotatable bonds is 3. The van der Waals surface area contributed by atoms with E-state index in [2.05, 4.69) is 0 Å². The number of piperidine rings is 1. The zero-order chi connectivity index (χ0) is 15.0. The number of benzene rings is 1. The third-order valence-electron chi connectivity index (χ3n) is 4.22. The van der Waals surface area contributed by atoms with E-state index < -0.39 is 10.0 Å². The maximum absolute atomic E-state index is 12.7. The molecule has 2 N–H and O–H groups in total. The highest BCUT2D eigenvalue weighted by molar-refractivity contribution is 7.89. The van der Waals surface area contributed by atoms with Crippen molar-refractivity contribution in [1.29, 1.82) is 0 Å². The van der Waals surface area contributed by atoms with E-state index >= 15 is 0 Å². The summed E-state index contributed by atoms with van der Waals surface area (Å²) in [4.78, 5) is 0.392. The summed E-state index contributed by atoms with van der Waals surface area (Å²) in [7, 11) is -3.41. The van der Waals surface area contributed by atoms with Crippen LogP contribution in [0.5, 0.6) is 0 Å². The normalized spacial score (nSPS) is 22.6. The van der Waals surface area contributed by atoms with Crippen LogP contribution >= 0.6 is 12.4 Å². The van der Waals surface area contributed by atoms with Crippen LogP contribution in [-0.4, -0.2) is 31.9 Å². The van der Waals surface area contributed by atoms with E-state index in [1.54, 1.807) is 16.4 Å². The van der Waals surface area contributed by atoms with Gasteiger partial charge in [-0.2, -0.15) is 4.31 Å². The van der Waals surface area contributed by atoms with Crippen LogP contribution in [0.25, 0.3) is 0 Å². The first-order chi connectivity index (χ1) is 9.27. The molecule has 1 saturated heterocycles. The van der Waals surface area contributed by atoms with E-state index in [4.69, 9.17) is 5.73 Å². The van der Waals surface area contributed by atoms with Gasteiger partial charge in [-0.25, -0.2) is 8.42 Å². The number of hydrogen-bond acceptors (Lipinski definition) is 3. The van der Waals surface area contributed by atoms with Crippen molar-refractivity contribution in [2.45, 2.75) is 44.6 Å². The molecule has 4 nitrogen and oxygen atoms in total. The summed E-state index contributed by atoms with van der Waals surface area (Å²) in [5.41, 5.74) is 6.93. The highest BCUT2D eigenvalue weighted by Crippen LogP contribution is 2.31. The zero-order valence-electron chi connectivity index (χ0n) is 12.9. The smallest absolute Gasteiger partial charge is 0.243 e. The molecule has 0 saturated carbocycles. The van der Waals surface area contributed by atoms with Crippen molar-refractivity contribution < 1.29 is 8.42 Å². The van der Waals surface area contributed by atoms with Crippen molar-refractivity contribution in [1.82, 2.24) is 4.31 Å². The minimum Gasteiger partial charge on any atom is -0.327 e. The van der Waals surface area contributed by atoms with Crippen molar-refractivity contribution in [3.63, 3.8) is 0 Å². The molecule has 1 aliphatic rings. The number of halogens is 1. The molecule has 1 fully saturated rings. The molecule has 0 aromatic heterocycles. The second kappa shape index (κ2) is 6.65. The Labute approximate surface area is 134 Å². The Morgan fingerprint density at radius 1 is 1.38 bits per heavy atom. The van der Waals surface area contributed by atoms with Crippen LogP contribution < -0.4 is 5.73 Å². The lowest BCUT2D eigenvalue weighted by atomic mass is 9.81. The molecule has 1 heterocycles. The molecular formula is C15H25ClN2O2S. The van der Waals surface area contributed by atoms with Crippen molar-refractivity contribution in [3.8, 4) is 0 Å². The van der Waals surface area contributed by atoms with Gasteiger partial charge in [0.15, 0.2) is 0 Å². The van der Waals surface area contributed by atoms with Gasteiger partial charge >= 0.3 is 0 Å². The average molecular weight is 333 g/mol. The topological polar surface area (TPSA) is 63.4 Å². The molecule has 0 radical (unpaired) electrons. The highest BCUT2D eigenvalue weighted by Gasteiger charge is 2.38. The summed E-state index contributed by atoms with van der Waals surface area (Å²) in [6.45, 7) is 7.06. The van der Waals surface area contributed by atoms with Crippen molar-refractivity contribution >= 4 is 22.4 Å². The first kappa shape index (κ1) is 18.4. The Hall–Kier alpha value is -0.620. The van der Waals surface area contributed by atoms with Crippen LogP contribution in [0, 0.1) is 5.41 Å². The zero-order valence-corrected chi connectivity index (χ0v) is 14.5. The Kier molecular flexibility index (Phi) is 5.83. The number of hydrogen-bond donors (Lipinski definition) is 1. The molecule has 0 aliphatic carbocycles. The van der Waals surface area contributed by atoms with Crippen molar-refractivity contribution in [2.75, 3.05) is 13.1 Å². The van der Waals surface area contributed by atoms with Crippen LogP contribution in [0.3, 0.4) is 0 Å². The minimum absolute atomic E-state index is 0. The summed E-state index contributed by atoms with van der Waals surface area (Å²) in [5, 5.41) is 0. The minimum atomic E-state index is -3.41. The van der Waals surface area contributed by atoms with Gasteiger partial charge in [-0.3, -0.25) is 0 Å². The molecule has 0 spiro atoms. The molecule has 2 rings (SSSR count). The first-order valence-corrected chi connectivity index (χ1v) is 8.56. The molecule has 1 unspecified atom stereocenters. The van der Waals surface area contributed by atoms with Gasteiger partial charge < -0.3 is 5.73 Å². The van der Waals surface area contributed by atoms with E-state index in [1.807, 2.05) is 32.9 Å². The van der Waals surface area contributed by atoms with Crippen molar-refractivity contribution in [2.24, 2.45) is 11.1 Å². The molecule has 6 heteroatoms. The fraction of sp³-hybridized carbons (Fsp3) is 0.600. The molecular weight excluding hydrogens is 308 g/mol. The van der Waals surface area contributed by atoms with E-state index in [9.17, 15) is 8.42 Å². The van der Waals surface area contributed by atoms with Crippen LogP contribution in [-0.2, 0) is 16.4 Å². The summed E-state index contributed by atoms with van der Waals surface area (Å²) in [6.07, 6.45) is 1.54. The summed E-state index contributed by atoms with van der Waals surface area (Å²) in [6, 6.07) is 7.27. The third-order valence-corrected chi connectivity index (χ3v) is 6.06. The average Bonchev–Trinajstić information content (AvgIpc) is 2.41. The van der Waals surface area contributed by atoms with E-state index in [-0.39, 0.29) is 23.9 Å². The van der Waals surface area contributed by atoms with Gasteiger partial charge in [0.1, 0.15) is 0 Å². The van der Waals surface area contributed by atoms with Gasteiger partial charge in [0.2, 0.25) is 10.0 Å². The van der Waals surface area contributed by atoms with Gasteiger partial charge in [-0.05, 0) is 36.0 Å². The quantitative estimate of drug-likeness (QED) is 0.924. The van der Waals surface area contributed by atoms with Crippen LogP contribution in [0.15, 0.2) is 29.2 Å². The molecule has 21 heavy (non-hydrogen) atoms. The Balaban J connectivity index is 0.00000220. The molecule has 1 atom stereocenters. The lowest BCUT2D eigenvalue weighted by Crippen LogP contribution is -2.53. The monoisotopic (exact) mass is 332 g/mol. The number of nitrogens with zero attached hydrogens (tertiary/aromatic N) is 1. The Bertz CT molecular complexity index is 587. The molecule has 1 aromatic rings. The van der Waals surface area contributed by atoms with Crippen LogP contribution in [0.4, 0.5) is 0 Å². The first-order valence-electron chi connectivity index (χ1n) is 7.12. The molecule has 120 valence electrons. The van der Waals surface area contributed by atoms with Gasteiger partial charge in [0.05, 0.1) is 4.90 Å². The Morgan fingerprint density at radius 2 is 2.05 bits per heavy atom. The summed E-state index contributed by atoms with van der Waals surface area (Å²) in [5.74, 6) is 0. The van der Waals surface area contributed by atoms with E-state index in [0.717, 1.165) is 12.0 Å². The van der Waals surface area contributed by atoms with Gasteiger partial charge in [-0.1, -0.05) is 32.9 Å². The number of nitrogens with two attached hydrogens (primary N) is 1. The highest BCUT2D eigenvalue weighted by atomic mass is 35.5. The number of aryl methyl sites for hydroxylation is 1. The summed E-state index contributed by atoms with van der Waals surface area (Å²) < 4.78 is 27.0. The molecule has 1 aliphatic heterocycles. The fourth-order valence-electron chi connectivity index (χ4n) is 2.60. The molecule has 0 bridgehead atoms. The third kappa shape index (κ3) is 3.77. The fourth-order valence-corrected chi connectivity index (χ4v) is 4.30. The maximum atomic E-state index is 12.7. The van der Waals surface area contributed by atoms with Gasteiger partial charge in [0, 0.05) is 19.1 Å². The van der Waals surface area contributed by atoms with Crippen LogP contribution in [0.2, 0.25) is 0 Å². The predicted molar refractivity (Wildman–Crippen MR) is 88.2 cm³/mol. The maximum Gasteiger partial charge on any atom is 0.243 e. The second-order valence-corrected chi connectivity index (χ2v) is 8.16. The lowest BCUT2D eigenvalue weighted by Gasteiger charge is -2.41. The molecule has 1 aromatic carbocycles. The van der Waals surface area contributed by atoms with Crippen LogP contribution in [0.1, 0.15) is 32.8 Å². The van der Waals surface area contributed by atoms with E-state index in [0.29, 0.717) is 24.4 Å². The van der Waals surface area contributed by atoms with Crippen molar-refractivity contribution in [3.05, 3.63) is 29.8 Å². The van der Waals surface area contributed by atoms with Gasteiger partial charge in [-0.15, -0.1) is 12.4 Å². The molecule has 0 amide bonds. The Morgan fingerprint density at radius 3 is 2.62 bits per heavy atom. The van der Waals surface area contributed by atoms with E-state index in [1.165, 1.54) is 0 Å². The summed E-state index contributed by atoms with van der Waals surface area (Å²) >= 11 is 0.